The highest BCUT2D eigenvalue weighted by atomic mass is 35.5. The van der Waals surface area contributed by atoms with Crippen LogP contribution >= 0.6 is 23.6 Å². The average Bonchev–Trinajstić information content (AvgIpc) is 2.09. The zero-order valence-electron chi connectivity index (χ0n) is 5.79. The van der Waals surface area contributed by atoms with Crippen LogP contribution in [0.4, 0.5) is 9.18 Å². The van der Waals surface area contributed by atoms with Crippen molar-refractivity contribution in [1.82, 2.24) is 0 Å². The summed E-state index contributed by atoms with van der Waals surface area (Å²) in [5.74, 6) is -0.349. The number of hydrogen-bond acceptors (Lipinski definition) is 3. The van der Waals surface area contributed by atoms with E-state index >= 15 is 0 Å². The molecular weight excluding hydrogens is 203 g/mol. The molecule has 0 spiro atoms. The van der Waals surface area contributed by atoms with Crippen LogP contribution in [0.3, 0.4) is 0 Å². The van der Waals surface area contributed by atoms with Crippen LogP contribution in [0.2, 0.25) is 0 Å². The molecule has 0 N–H and O–H groups in total. The summed E-state index contributed by atoms with van der Waals surface area (Å²) in [6, 6.07) is 5.44. The van der Waals surface area contributed by atoms with Gasteiger partial charge in [0.15, 0.2) is 0 Å². The molecule has 0 heterocycles. The third kappa shape index (κ3) is 2.71. The van der Waals surface area contributed by atoms with Gasteiger partial charge in [-0.25, -0.2) is 9.18 Å². The summed E-state index contributed by atoms with van der Waals surface area (Å²) in [7, 11) is 0. The van der Waals surface area contributed by atoms with Gasteiger partial charge in [-0.3, -0.25) is 0 Å². The second-order valence-corrected chi connectivity index (χ2v) is 3.05. The first-order valence-electron chi connectivity index (χ1n) is 2.98. The van der Waals surface area contributed by atoms with Crippen LogP contribution in [0.25, 0.3) is 0 Å². The van der Waals surface area contributed by atoms with Crippen molar-refractivity contribution in [2.45, 2.75) is 4.90 Å². The zero-order chi connectivity index (χ0) is 8.97. The molecule has 12 heavy (non-hydrogen) atoms. The fourth-order valence-corrected chi connectivity index (χ4v) is 1.21. The highest BCUT2D eigenvalue weighted by molar-refractivity contribution is 8.13. The maximum Gasteiger partial charge on any atom is 0.390 e. The molecule has 0 aromatic heterocycles. The number of carbonyl (C=O) groups is 1. The minimum atomic E-state index is -0.636. The number of hydrogen-bond donors (Lipinski definition) is 0. The van der Waals surface area contributed by atoms with Gasteiger partial charge in [-0.15, -0.1) is 0 Å². The van der Waals surface area contributed by atoms with Gasteiger partial charge in [0.1, 0.15) is 17.7 Å². The van der Waals surface area contributed by atoms with Crippen molar-refractivity contribution in [2.75, 3.05) is 0 Å². The molecule has 0 bridgehead atoms. The van der Waals surface area contributed by atoms with Crippen LogP contribution in [-0.2, 0) is 4.29 Å². The molecule has 0 saturated heterocycles. The molecule has 1 rings (SSSR count). The SMILES string of the molecule is O=C(OCl)Sc1ccc(F)cc1. The van der Waals surface area contributed by atoms with Crippen molar-refractivity contribution in [3.05, 3.63) is 30.1 Å². The molecular formula is C7H4ClFO2S. The molecule has 0 unspecified atom stereocenters. The maximum atomic E-state index is 12.4. The van der Waals surface area contributed by atoms with Crippen molar-refractivity contribution < 1.29 is 13.5 Å². The number of thioether (sulfide) groups is 1. The van der Waals surface area contributed by atoms with Crippen LogP contribution in [-0.4, -0.2) is 5.30 Å². The Morgan fingerprint density at radius 1 is 1.42 bits per heavy atom. The molecule has 0 atom stereocenters. The van der Waals surface area contributed by atoms with Crippen LogP contribution in [0.5, 0.6) is 0 Å². The summed E-state index contributed by atoms with van der Waals surface area (Å²) in [6.07, 6.45) is 0. The van der Waals surface area contributed by atoms with Crippen LogP contribution < -0.4 is 0 Å². The minimum Gasteiger partial charge on any atom is -0.338 e. The molecule has 1 aromatic rings. The van der Waals surface area contributed by atoms with E-state index in [9.17, 15) is 9.18 Å². The fraction of sp³-hybridized carbons (Fsp3) is 0. The summed E-state index contributed by atoms with van der Waals surface area (Å²) in [4.78, 5) is 11.2. The smallest absolute Gasteiger partial charge is 0.338 e. The number of rotatable bonds is 1. The van der Waals surface area contributed by atoms with Crippen molar-refractivity contribution in [1.29, 1.82) is 0 Å². The minimum absolute atomic E-state index is 0.349. The highest BCUT2D eigenvalue weighted by Gasteiger charge is 2.04. The predicted molar refractivity (Wildman–Crippen MR) is 44.6 cm³/mol. The molecule has 0 aliphatic carbocycles. The molecule has 0 amide bonds. The van der Waals surface area contributed by atoms with Crippen molar-refractivity contribution in [3.63, 3.8) is 0 Å². The Bertz CT molecular complexity index is 275. The Kier molecular flexibility index (Phi) is 3.37. The summed E-state index contributed by atoms with van der Waals surface area (Å²) in [5, 5.41) is -0.636. The Morgan fingerprint density at radius 3 is 2.50 bits per heavy atom. The first kappa shape index (κ1) is 9.35. The monoisotopic (exact) mass is 206 g/mol. The number of carbonyl (C=O) groups excluding carboxylic acids is 1. The molecule has 0 fully saturated rings. The van der Waals surface area contributed by atoms with E-state index in [1.54, 1.807) is 0 Å². The third-order valence-electron chi connectivity index (χ3n) is 1.08. The zero-order valence-corrected chi connectivity index (χ0v) is 7.36. The predicted octanol–water partition coefficient (Wildman–Crippen LogP) is 3.21. The van der Waals surface area contributed by atoms with E-state index in [0.717, 1.165) is 11.8 Å². The lowest BCUT2D eigenvalue weighted by Crippen LogP contribution is -1.85. The summed E-state index contributed by atoms with van der Waals surface area (Å²) >= 11 is 5.58. The van der Waals surface area contributed by atoms with Crippen molar-refractivity contribution in [2.24, 2.45) is 0 Å². The maximum absolute atomic E-state index is 12.4. The van der Waals surface area contributed by atoms with Gasteiger partial charge in [0.05, 0.1) is 0 Å². The molecule has 5 heteroatoms. The van der Waals surface area contributed by atoms with E-state index < -0.39 is 5.30 Å². The van der Waals surface area contributed by atoms with Crippen LogP contribution in [0, 0.1) is 5.82 Å². The first-order valence-corrected chi connectivity index (χ1v) is 4.11. The van der Waals surface area contributed by atoms with Gasteiger partial charge in [0, 0.05) is 4.90 Å². The molecule has 64 valence electrons. The van der Waals surface area contributed by atoms with Gasteiger partial charge >= 0.3 is 5.30 Å². The Labute approximate surface area is 77.8 Å². The second-order valence-electron chi connectivity index (χ2n) is 1.88. The van der Waals surface area contributed by atoms with Crippen LogP contribution in [0.1, 0.15) is 0 Å². The van der Waals surface area contributed by atoms with E-state index in [1.165, 1.54) is 24.3 Å². The normalized spacial score (nSPS) is 9.50. The standard InChI is InChI=1S/C7H4ClFO2S/c8-11-7(10)12-6-3-1-5(9)2-4-6/h1-4H. The molecule has 1 aromatic carbocycles. The topological polar surface area (TPSA) is 26.3 Å². The van der Waals surface area contributed by atoms with Gasteiger partial charge in [-0.2, -0.15) is 0 Å². The van der Waals surface area contributed by atoms with Gasteiger partial charge in [-0.1, -0.05) is 0 Å². The first-order chi connectivity index (χ1) is 5.72. The molecule has 0 saturated carbocycles. The lowest BCUT2D eigenvalue weighted by molar-refractivity contribution is 0.231. The quantitative estimate of drug-likeness (QED) is 0.660. The van der Waals surface area contributed by atoms with E-state index in [2.05, 4.69) is 4.29 Å². The summed E-state index contributed by atoms with van der Waals surface area (Å²) in [6.45, 7) is 0. The van der Waals surface area contributed by atoms with Crippen molar-refractivity contribution in [3.8, 4) is 0 Å². The lowest BCUT2D eigenvalue weighted by atomic mass is 10.4. The summed E-state index contributed by atoms with van der Waals surface area (Å²) < 4.78 is 16.2. The Hall–Kier alpha value is -0.740. The van der Waals surface area contributed by atoms with E-state index in [1.807, 2.05) is 0 Å². The van der Waals surface area contributed by atoms with E-state index in [4.69, 9.17) is 11.9 Å². The summed E-state index contributed by atoms with van der Waals surface area (Å²) in [5.41, 5.74) is 0. The Morgan fingerprint density at radius 2 is 2.00 bits per heavy atom. The molecule has 0 aliphatic rings. The molecule has 2 nitrogen and oxygen atoms in total. The highest BCUT2D eigenvalue weighted by Crippen LogP contribution is 2.20. The van der Waals surface area contributed by atoms with E-state index in [-0.39, 0.29) is 5.82 Å². The number of halogens is 2. The fourth-order valence-electron chi connectivity index (χ4n) is 0.615. The van der Waals surface area contributed by atoms with Gasteiger partial charge in [0.2, 0.25) is 0 Å². The average molecular weight is 207 g/mol. The lowest BCUT2D eigenvalue weighted by Gasteiger charge is -1.95. The van der Waals surface area contributed by atoms with Crippen molar-refractivity contribution >= 4 is 28.9 Å². The number of benzene rings is 1. The van der Waals surface area contributed by atoms with Gasteiger partial charge in [-0.05, 0) is 36.0 Å². The van der Waals surface area contributed by atoms with Crippen LogP contribution in [0.15, 0.2) is 29.2 Å². The Balaban J connectivity index is 2.64. The van der Waals surface area contributed by atoms with E-state index in [0.29, 0.717) is 4.90 Å². The molecule has 0 aliphatic heterocycles. The van der Waals surface area contributed by atoms with Gasteiger partial charge in [0.25, 0.3) is 0 Å². The van der Waals surface area contributed by atoms with Gasteiger partial charge < -0.3 is 4.29 Å². The molecule has 0 radical (unpaired) electrons. The third-order valence-corrected chi connectivity index (χ3v) is 2.07. The second kappa shape index (κ2) is 4.33. The largest absolute Gasteiger partial charge is 0.390 e.